The second-order valence-electron chi connectivity index (χ2n) is 17.6. The number of esters is 3. The second-order valence-corrected chi connectivity index (χ2v) is 17.6. The van der Waals surface area contributed by atoms with Crippen LogP contribution in [0.3, 0.4) is 0 Å². The summed E-state index contributed by atoms with van der Waals surface area (Å²) in [4.78, 5) is 44.8. The molecule has 0 radical (unpaired) electrons. The van der Waals surface area contributed by atoms with Gasteiger partial charge in [-0.1, -0.05) is 90.1 Å². The minimum atomic E-state index is -0.509. The summed E-state index contributed by atoms with van der Waals surface area (Å²) in [5, 5.41) is 1.04. The largest absolute Gasteiger partial charge is 0.456 e. The lowest BCUT2D eigenvalue weighted by molar-refractivity contribution is 0.00506. The van der Waals surface area contributed by atoms with Gasteiger partial charge in [-0.2, -0.15) is 0 Å². The Balaban J connectivity index is 0.000000282. The van der Waals surface area contributed by atoms with Crippen molar-refractivity contribution >= 4 is 28.8 Å². The number of pyridine rings is 2. The number of ether oxygens (including phenoxy) is 3. The van der Waals surface area contributed by atoms with E-state index in [1.807, 2.05) is 117 Å². The molecule has 0 unspecified atom stereocenters. The van der Waals surface area contributed by atoms with Crippen molar-refractivity contribution in [3.63, 3.8) is 0 Å². The van der Waals surface area contributed by atoms with Crippen LogP contribution in [0.25, 0.3) is 10.9 Å². The first-order valence-electron chi connectivity index (χ1n) is 19.0. The number of nitrogens with zero attached hydrogens (tertiary/aromatic N) is 2. The number of rotatable bonds is 8. The number of carbonyl (C=O) groups excluding carboxylic acids is 3. The fraction of sp³-hybridized carbons (Fsp3) is 0.500. The highest BCUT2D eigenvalue weighted by molar-refractivity contribution is 5.92. The van der Waals surface area contributed by atoms with E-state index in [1.165, 1.54) is 0 Å². The van der Waals surface area contributed by atoms with E-state index in [1.54, 1.807) is 12.1 Å². The number of benzene rings is 2. The van der Waals surface area contributed by atoms with Crippen molar-refractivity contribution in [3.8, 4) is 0 Å². The third-order valence-electron chi connectivity index (χ3n) is 7.28. The molecule has 294 valence electrons. The number of para-hydroxylation sites is 1. The van der Waals surface area contributed by atoms with Crippen molar-refractivity contribution in [1.82, 2.24) is 9.97 Å². The zero-order chi connectivity index (χ0) is 41.0. The minimum Gasteiger partial charge on any atom is -0.456 e. The summed E-state index contributed by atoms with van der Waals surface area (Å²) in [6.45, 7) is 29.5. The van der Waals surface area contributed by atoms with E-state index in [-0.39, 0.29) is 17.9 Å². The maximum absolute atomic E-state index is 12.1. The summed E-state index contributed by atoms with van der Waals surface area (Å²) < 4.78 is 16.1. The fourth-order valence-corrected chi connectivity index (χ4v) is 5.21. The molecule has 2 aromatic heterocycles. The lowest BCUT2D eigenvalue weighted by atomic mass is 9.98. The summed E-state index contributed by atoms with van der Waals surface area (Å²) in [5.41, 5.74) is 4.04. The number of hydrogen-bond acceptors (Lipinski definition) is 8. The first-order valence-corrected chi connectivity index (χ1v) is 19.0. The van der Waals surface area contributed by atoms with Crippen molar-refractivity contribution in [2.45, 2.75) is 139 Å². The first-order chi connectivity index (χ1) is 24.8. The molecule has 0 aliphatic heterocycles. The third-order valence-corrected chi connectivity index (χ3v) is 7.28. The van der Waals surface area contributed by atoms with Crippen LogP contribution < -0.4 is 0 Å². The predicted molar refractivity (Wildman–Crippen MR) is 219 cm³/mol. The van der Waals surface area contributed by atoms with Gasteiger partial charge in [-0.05, 0) is 128 Å². The molecule has 0 N–H and O–H groups in total. The van der Waals surface area contributed by atoms with Crippen LogP contribution in [0.4, 0.5) is 0 Å². The van der Waals surface area contributed by atoms with Gasteiger partial charge < -0.3 is 14.2 Å². The van der Waals surface area contributed by atoms with Crippen molar-refractivity contribution < 1.29 is 28.6 Å². The van der Waals surface area contributed by atoms with Gasteiger partial charge in [0.2, 0.25) is 0 Å². The normalized spacial score (nSPS) is 11.7. The van der Waals surface area contributed by atoms with Crippen molar-refractivity contribution in [3.05, 3.63) is 107 Å². The van der Waals surface area contributed by atoms with E-state index in [0.29, 0.717) is 34.7 Å². The first kappa shape index (κ1) is 45.6. The highest BCUT2D eigenvalue weighted by Gasteiger charge is 2.22. The van der Waals surface area contributed by atoms with Crippen LogP contribution in [0.5, 0.6) is 0 Å². The highest BCUT2D eigenvalue weighted by atomic mass is 16.6. The summed E-state index contributed by atoms with van der Waals surface area (Å²) in [6.07, 6.45) is 1.77. The van der Waals surface area contributed by atoms with Gasteiger partial charge in [-0.3, -0.25) is 0 Å². The molecule has 0 aliphatic rings. The summed E-state index contributed by atoms with van der Waals surface area (Å²) in [7, 11) is 0. The molecule has 0 atom stereocenters. The molecule has 4 rings (SSSR count). The molecular formula is C46H64N2O6. The van der Waals surface area contributed by atoms with Crippen LogP contribution in [-0.4, -0.2) is 44.7 Å². The van der Waals surface area contributed by atoms with Gasteiger partial charge in [-0.15, -0.1) is 0 Å². The Kier molecular flexibility index (Phi) is 16.6. The Morgan fingerprint density at radius 3 is 1.56 bits per heavy atom. The molecule has 0 saturated carbocycles. The molecule has 2 heterocycles. The monoisotopic (exact) mass is 740 g/mol. The average Bonchev–Trinajstić information content (AvgIpc) is 3.02. The Bertz CT molecular complexity index is 1840. The molecule has 0 amide bonds. The molecular weight excluding hydrogens is 677 g/mol. The van der Waals surface area contributed by atoms with Crippen LogP contribution in [0.2, 0.25) is 0 Å². The van der Waals surface area contributed by atoms with Crippen LogP contribution in [0.15, 0.2) is 72.8 Å². The number of aromatic nitrogens is 2. The predicted octanol–water partition coefficient (Wildman–Crippen LogP) is 11.4. The van der Waals surface area contributed by atoms with Crippen molar-refractivity contribution in [2.24, 2.45) is 11.8 Å². The highest BCUT2D eigenvalue weighted by Crippen LogP contribution is 2.25. The molecule has 0 fully saturated rings. The van der Waals surface area contributed by atoms with Gasteiger partial charge in [0.1, 0.15) is 28.2 Å². The van der Waals surface area contributed by atoms with Crippen LogP contribution in [0.1, 0.15) is 158 Å². The van der Waals surface area contributed by atoms with E-state index in [0.717, 1.165) is 40.6 Å². The second kappa shape index (κ2) is 19.7. The zero-order valence-corrected chi connectivity index (χ0v) is 35.4. The molecule has 54 heavy (non-hydrogen) atoms. The fourth-order valence-electron chi connectivity index (χ4n) is 5.21. The van der Waals surface area contributed by atoms with E-state index in [2.05, 4.69) is 57.6 Å². The Hall–Kier alpha value is -4.59. The number of hydrogen-bond donors (Lipinski definition) is 0. The zero-order valence-electron chi connectivity index (χ0n) is 35.4. The standard InChI is InChI=1S/C17H21NO2.C15H22O2.C14H21NO2/c1-11(2)13-8-6-7-12-9-10-14(18-15(12)13)16(19)20-17(3,4)5;1-11(2)10-12-8-6-7-9-13(12)14(16)17-15(3,4)5;1-10(2)9-11-7-6-8-12(15-11)13(16)17-14(3,4)5/h6-11H,1-5H3;6-9,11H,10H2,1-5H3;6-8,10H,9H2,1-5H3. The summed E-state index contributed by atoms with van der Waals surface area (Å²) >= 11 is 0. The van der Waals surface area contributed by atoms with Crippen molar-refractivity contribution in [2.75, 3.05) is 0 Å². The van der Waals surface area contributed by atoms with Crippen LogP contribution in [-0.2, 0) is 27.1 Å². The number of fused-ring (bicyclic) bond motifs is 1. The molecule has 8 nitrogen and oxygen atoms in total. The van der Waals surface area contributed by atoms with E-state index in [4.69, 9.17) is 14.2 Å². The smallest absolute Gasteiger partial charge is 0.357 e. The maximum Gasteiger partial charge on any atom is 0.357 e. The van der Waals surface area contributed by atoms with Crippen molar-refractivity contribution in [1.29, 1.82) is 0 Å². The van der Waals surface area contributed by atoms with E-state index < -0.39 is 16.8 Å². The molecule has 0 spiro atoms. The van der Waals surface area contributed by atoms with E-state index in [9.17, 15) is 14.4 Å². The number of carbonyl (C=O) groups is 3. The lowest BCUT2D eigenvalue weighted by Gasteiger charge is -2.20. The summed E-state index contributed by atoms with van der Waals surface area (Å²) in [6, 6.07) is 22.9. The van der Waals surface area contributed by atoms with Gasteiger partial charge in [0.15, 0.2) is 0 Å². The Labute approximate surface area is 324 Å². The molecule has 0 bridgehead atoms. The SMILES string of the molecule is CC(C)Cc1cccc(C(=O)OC(C)(C)C)n1.CC(C)Cc1ccccc1C(=O)OC(C)(C)C.CC(C)c1cccc2ccc(C(=O)OC(C)(C)C)nc12. The quantitative estimate of drug-likeness (QED) is 0.130. The van der Waals surface area contributed by atoms with Gasteiger partial charge in [0.05, 0.1) is 11.1 Å². The van der Waals surface area contributed by atoms with Gasteiger partial charge in [-0.25, -0.2) is 24.4 Å². The Morgan fingerprint density at radius 2 is 1.04 bits per heavy atom. The molecule has 8 heteroatoms. The topological polar surface area (TPSA) is 105 Å². The van der Waals surface area contributed by atoms with Gasteiger partial charge in [0, 0.05) is 11.1 Å². The van der Waals surface area contributed by atoms with Crippen LogP contribution in [0, 0.1) is 11.8 Å². The minimum absolute atomic E-state index is 0.228. The third kappa shape index (κ3) is 16.6. The average molecular weight is 741 g/mol. The summed E-state index contributed by atoms with van der Waals surface area (Å²) in [5.74, 6) is 0.449. The van der Waals surface area contributed by atoms with Crippen LogP contribution >= 0.6 is 0 Å². The van der Waals surface area contributed by atoms with E-state index >= 15 is 0 Å². The lowest BCUT2D eigenvalue weighted by Crippen LogP contribution is -2.24. The molecule has 0 aliphatic carbocycles. The molecule has 4 aromatic rings. The molecule has 0 saturated heterocycles. The maximum atomic E-state index is 12.1. The Morgan fingerprint density at radius 1 is 0.537 bits per heavy atom. The molecule has 2 aromatic carbocycles. The van der Waals surface area contributed by atoms with Gasteiger partial charge >= 0.3 is 17.9 Å². The van der Waals surface area contributed by atoms with Gasteiger partial charge in [0.25, 0.3) is 0 Å².